The first-order valence-electron chi connectivity index (χ1n) is 11.6. The predicted octanol–water partition coefficient (Wildman–Crippen LogP) is 1.66. The number of aliphatic hydroxyl groups excluding tert-OH is 1. The van der Waals surface area contributed by atoms with Crippen LogP contribution in [-0.4, -0.2) is 58.3 Å². The van der Waals surface area contributed by atoms with Gasteiger partial charge in [0.15, 0.2) is 6.10 Å². The third-order valence-electron chi connectivity index (χ3n) is 7.20. The van der Waals surface area contributed by atoms with Crippen molar-refractivity contribution >= 4 is 17.7 Å². The van der Waals surface area contributed by atoms with E-state index in [2.05, 4.69) is 10.6 Å². The molecule has 0 aromatic heterocycles. The molecule has 3 N–H and O–H groups in total. The van der Waals surface area contributed by atoms with Crippen LogP contribution in [0.25, 0.3) is 0 Å². The number of amides is 3. The van der Waals surface area contributed by atoms with Gasteiger partial charge < -0.3 is 20.6 Å². The first kappa shape index (κ1) is 24.1. The summed E-state index contributed by atoms with van der Waals surface area (Å²) in [7, 11) is 0. The highest BCUT2D eigenvalue weighted by Gasteiger charge is 2.61. The van der Waals surface area contributed by atoms with Gasteiger partial charge in [0.1, 0.15) is 12.1 Å². The molecule has 2 bridgehead atoms. The Balaban J connectivity index is 1.56. The van der Waals surface area contributed by atoms with Crippen molar-refractivity contribution in [2.24, 2.45) is 11.8 Å². The van der Waals surface area contributed by atoms with Gasteiger partial charge in [0.25, 0.3) is 11.8 Å². The standard InChI is InChI=1S/C24H28F2N4O4/c25-24(26)12-17-8-9-18(24)19(30(17)23(34)20(31)14-5-2-1-3-6-14)22(33)29-16(13-27)11-15-7-4-10-28-21(15)32/h1-3,5-6,15-20,31H,4,7-12H2,(H,28,32)(H,29,33)/t15-,16-,17+,18+,19-,20+/m1/s1. The van der Waals surface area contributed by atoms with Crippen LogP contribution in [0.15, 0.2) is 30.3 Å². The molecule has 3 saturated heterocycles. The molecule has 3 heterocycles. The van der Waals surface area contributed by atoms with Crippen LogP contribution in [0.4, 0.5) is 8.78 Å². The van der Waals surface area contributed by atoms with Crippen LogP contribution in [0.3, 0.4) is 0 Å². The Kier molecular flexibility index (Phi) is 6.84. The Hall–Kier alpha value is -3.06. The third kappa shape index (κ3) is 4.62. The van der Waals surface area contributed by atoms with Crippen LogP contribution >= 0.6 is 0 Å². The lowest BCUT2D eigenvalue weighted by atomic mass is 9.71. The van der Waals surface area contributed by atoms with Gasteiger partial charge in [-0.25, -0.2) is 8.78 Å². The molecule has 0 spiro atoms. The second-order valence-corrected chi connectivity index (χ2v) is 9.36. The largest absolute Gasteiger partial charge is 0.378 e. The first-order valence-corrected chi connectivity index (χ1v) is 11.6. The number of nitrogens with zero attached hydrogens (tertiary/aromatic N) is 2. The van der Waals surface area contributed by atoms with E-state index in [4.69, 9.17) is 0 Å². The minimum absolute atomic E-state index is 0.0587. The number of benzene rings is 1. The fraction of sp³-hybridized carbons (Fsp3) is 0.583. The lowest BCUT2D eigenvalue weighted by molar-refractivity contribution is -0.198. The van der Waals surface area contributed by atoms with E-state index < -0.39 is 60.2 Å². The van der Waals surface area contributed by atoms with Crippen molar-refractivity contribution in [1.82, 2.24) is 15.5 Å². The number of alkyl halides is 2. The molecule has 5 rings (SSSR count). The number of hydrogen-bond donors (Lipinski definition) is 3. The Morgan fingerprint density at radius 2 is 2.00 bits per heavy atom. The van der Waals surface area contributed by atoms with Gasteiger partial charge in [0.05, 0.1) is 12.0 Å². The van der Waals surface area contributed by atoms with E-state index >= 15 is 0 Å². The Bertz CT molecular complexity index is 983. The van der Waals surface area contributed by atoms with Crippen LogP contribution < -0.4 is 10.6 Å². The normalized spacial score (nSPS) is 29.5. The fourth-order valence-electron chi connectivity index (χ4n) is 5.49. The number of aliphatic hydroxyl groups is 1. The van der Waals surface area contributed by atoms with Crippen molar-refractivity contribution in [3.8, 4) is 6.07 Å². The van der Waals surface area contributed by atoms with E-state index in [1.165, 1.54) is 0 Å². The molecule has 34 heavy (non-hydrogen) atoms. The summed E-state index contributed by atoms with van der Waals surface area (Å²) in [6.07, 6.45) is -0.419. The fourth-order valence-corrected chi connectivity index (χ4v) is 5.49. The van der Waals surface area contributed by atoms with Crippen LogP contribution in [0.1, 0.15) is 50.2 Å². The van der Waals surface area contributed by atoms with E-state index in [-0.39, 0.29) is 18.7 Å². The molecule has 3 amide bonds. The molecule has 0 unspecified atom stereocenters. The minimum Gasteiger partial charge on any atom is -0.378 e. The van der Waals surface area contributed by atoms with E-state index in [1.807, 2.05) is 6.07 Å². The molecule has 8 nitrogen and oxygen atoms in total. The van der Waals surface area contributed by atoms with E-state index in [1.54, 1.807) is 30.3 Å². The van der Waals surface area contributed by atoms with Gasteiger partial charge in [-0.15, -0.1) is 0 Å². The van der Waals surface area contributed by atoms with Gasteiger partial charge in [-0.3, -0.25) is 14.4 Å². The van der Waals surface area contributed by atoms with E-state index in [0.717, 1.165) is 11.3 Å². The predicted molar refractivity (Wildman–Crippen MR) is 116 cm³/mol. The molecule has 0 radical (unpaired) electrons. The van der Waals surface area contributed by atoms with E-state index in [0.29, 0.717) is 24.9 Å². The number of rotatable bonds is 6. The summed E-state index contributed by atoms with van der Waals surface area (Å²) in [4.78, 5) is 39.7. The number of piperidine rings is 3. The lowest BCUT2D eigenvalue weighted by Crippen LogP contribution is -2.69. The molecular formula is C24H28F2N4O4. The molecule has 1 saturated carbocycles. The zero-order valence-electron chi connectivity index (χ0n) is 18.6. The highest BCUT2D eigenvalue weighted by molar-refractivity contribution is 5.91. The summed E-state index contributed by atoms with van der Waals surface area (Å²) in [6, 6.07) is 6.58. The maximum atomic E-state index is 14.8. The molecule has 1 aromatic carbocycles. The highest BCUT2D eigenvalue weighted by atomic mass is 19.3. The van der Waals surface area contributed by atoms with Gasteiger partial charge in [0, 0.05) is 24.9 Å². The molecule has 3 aliphatic heterocycles. The van der Waals surface area contributed by atoms with Crippen LogP contribution in [0.2, 0.25) is 0 Å². The van der Waals surface area contributed by atoms with Crippen molar-refractivity contribution in [3.05, 3.63) is 35.9 Å². The number of halogens is 2. The van der Waals surface area contributed by atoms with Gasteiger partial charge >= 0.3 is 0 Å². The van der Waals surface area contributed by atoms with Crippen molar-refractivity contribution in [2.45, 2.75) is 68.7 Å². The van der Waals surface area contributed by atoms with Gasteiger partial charge in [0.2, 0.25) is 11.8 Å². The SMILES string of the molecule is N#C[C@@H](C[C@H]1CCCNC1=O)NC(=O)[C@H]1[C@@H]2CC[C@@H](CC2(F)F)N1C(=O)[C@@H](O)c1ccccc1. The van der Waals surface area contributed by atoms with Crippen molar-refractivity contribution in [3.63, 3.8) is 0 Å². The number of hydrogen-bond acceptors (Lipinski definition) is 5. The smallest absolute Gasteiger partial charge is 0.256 e. The highest BCUT2D eigenvalue weighted by Crippen LogP contribution is 2.49. The summed E-state index contributed by atoms with van der Waals surface area (Å²) in [6.45, 7) is 0.556. The average Bonchev–Trinajstić information content (AvgIpc) is 2.83. The van der Waals surface area contributed by atoms with Crippen molar-refractivity contribution < 1.29 is 28.3 Å². The van der Waals surface area contributed by atoms with Crippen LogP contribution in [0, 0.1) is 23.2 Å². The Morgan fingerprint density at radius 1 is 1.26 bits per heavy atom. The summed E-state index contributed by atoms with van der Waals surface area (Å²) in [5.74, 6) is -6.89. The van der Waals surface area contributed by atoms with Gasteiger partial charge in [-0.2, -0.15) is 5.26 Å². The Morgan fingerprint density at radius 3 is 2.65 bits per heavy atom. The quantitative estimate of drug-likeness (QED) is 0.579. The average molecular weight is 475 g/mol. The molecular weight excluding hydrogens is 446 g/mol. The monoisotopic (exact) mass is 474 g/mol. The number of carbonyl (C=O) groups is 3. The summed E-state index contributed by atoms with van der Waals surface area (Å²) < 4.78 is 29.6. The zero-order chi connectivity index (χ0) is 24.5. The minimum atomic E-state index is -3.15. The number of nitriles is 1. The summed E-state index contributed by atoms with van der Waals surface area (Å²) >= 11 is 0. The Labute approximate surface area is 196 Å². The van der Waals surface area contributed by atoms with Crippen molar-refractivity contribution in [2.75, 3.05) is 6.54 Å². The zero-order valence-corrected chi connectivity index (χ0v) is 18.6. The molecule has 10 heteroatoms. The van der Waals surface area contributed by atoms with Crippen molar-refractivity contribution in [1.29, 1.82) is 5.26 Å². The number of carbonyl (C=O) groups excluding carboxylic acids is 3. The van der Waals surface area contributed by atoms with Gasteiger partial charge in [-0.05, 0) is 37.7 Å². The molecule has 4 aliphatic rings. The van der Waals surface area contributed by atoms with Gasteiger partial charge in [-0.1, -0.05) is 30.3 Å². The second-order valence-electron chi connectivity index (χ2n) is 9.36. The van der Waals surface area contributed by atoms with Crippen LogP contribution in [0.5, 0.6) is 0 Å². The first-order chi connectivity index (χ1) is 16.2. The summed E-state index contributed by atoms with van der Waals surface area (Å²) in [5, 5.41) is 25.5. The maximum absolute atomic E-state index is 14.8. The van der Waals surface area contributed by atoms with E-state index in [9.17, 15) is 33.5 Å². The molecule has 1 aromatic rings. The maximum Gasteiger partial charge on any atom is 0.256 e. The lowest BCUT2D eigenvalue weighted by Gasteiger charge is -2.54. The topological polar surface area (TPSA) is 123 Å². The second kappa shape index (κ2) is 9.66. The van der Waals surface area contributed by atoms with Crippen LogP contribution in [-0.2, 0) is 14.4 Å². The molecule has 4 fully saturated rings. The molecule has 6 atom stereocenters. The number of nitrogens with one attached hydrogen (secondary N) is 2. The summed E-state index contributed by atoms with van der Waals surface area (Å²) in [5.41, 5.74) is 0.304. The molecule has 1 aliphatic carbocycles. The molecule has 182 valence electrons. The third-order valence-corrected chi connectivity index (χ3v) is 7.20. The number of fused-ring (bicyclic) bond motifs is 3.